The van der Waals surface area contributed by atoms with Crippen LogP contribution in [0, 0.1) is 0 Å². The molecular formula is C37H29O2P. The van der Waals surface area contributed by atoms with Gasteiger partial charge in [-0.15, -0.1) is 0 Å². The number of fused-ring (bicyclic) bond motifs is 9. The van der Waals surface area contributed by atoms with Crippen LogP contribution >= 0.6 is 7.49 Å². The molecule has 1 heterocycles. The normalized spacial score (nSPS) is 16.5. The van der Waals surface area contributed by atoms with E-state index in [0.29, 0.717) is 0 Å². The molecule has 194 valence electrons. The minimum absolute atomic E-state index is 0.508. The third-order valence-electron chi connectivity index (χ3n) is 8.87. The molecule has 2 nitrogen and oxygen atoms in total. The number of allylic oxidation sites excluding steroid dienone is 3. The van der Waals surface area contributed by atoms with Gasteiger partial charge in [0.25, 0.3) is 0 Å². The van der Waals surface area contributed by atoms with E-state index in [0.717, 1.165) is 45.8 Å². The third-order valence-corrected chi connectivity index (χ3v) is 12.4. The Labute approximate surface area is 235 Å². The van der Waals surface area contributed by atoms with Gasteiger partial charge in [0, 0.05) is 0 Å². The van der Waals surface area contributed by atoms with Crippen LogP contribution in [-0.2, 0) is 5.41 Å². The van der Waals surface area contributed by atoms with Crippen LogP contribution in [0.4, 0.5) is 0 Å². The van der Waals surface area contributed by atoms with Crippen LogP contribution < -0.4 is 20.7 Å². The van der Waals surface area contributed by atoms with E-state index in [2.05, 4.69) is 103 Å². The number of rotatable bonds is 3. The van der Waals surface area contributed by atoms with Crippen molar-refractivity contribution in [3.05, 3.63) is 168 Å². The van der Waals surface area contributed by atoms with E-state index in [1.807, 2.05) is 36.4 Å². The van der Waals surface area contributed by atoms with E-state index in [-0.39, 0.29) is 0 Å². The summed E-state index contributed by atoms with van der Waals surface area (Å²) in [6, 6.07) is 44.4. The van der Waals surface area contributed by atoms with Crippen molar-refractivity contribution in [2.24, 2.45) is 0 Å². The molecule has 2 aliphatic carbocycles. The molecule has 0 unspecified atom stereocenters. The van der Waals surface area contributed by atoms with Gasteiger partial charge in [-0.1, -0.05) is 0 Å². The summed E-state index contributed by atoms with van der Waals surface area (Å²) >= 11 is 0. The zero-order valence-corrected chi connectivity index (χ0v) is 23.0. The fourth-order valence-corrected chi connectivity index (χ4v) is 10.2. The van der Waals surface area contributed by atoms with Crippen molar-refractivity contribution in [2.75, 3.05) is 0 Å². The van der Waals surface area contributed by atoms with Crippen LogP contribution in [0.2, 0.25) is 0 Å². The summed E-state index contributed by atoms with van der Waals surface area (Å²) in [6.07, 6.45) is 6.58. The molecule has 0 amide bonds. The van der Waals surface area contributed by atoms with Crippen LogP contribution in [-0.4, -0.2) is 4.89 Å². The van der Waals surface area contributed by atoms with Crippen molar-refractivity contribution in [3.63, 3.8) is 0 Å². The van der Waals surface area contributed by atoms with E-state index in [9.17, 15) is 4.89 Å². The third kappa shape index (κ3) is 3.12. The number of benzene rings is 5. The molecule has 1 spiro atoms. The predicted octanol–water partition coefficient (Wildman–Crippen LogP) is 6.93. The maximum atomic E-state index is 12.9. The molecule has 8 rings (SSSR count). The van der Waals surface area contributed by atoms with Crippen molar-refractivity contribution in [2.45, 2.75) is 18.3 Å². The minimum atomic E-state index is -3.32. The van der Waals surface area contributed by atoms with Gasteiger partial charge in [-0.2, -0.15) is 0 Å². The molecule has 3 aliphatic rings. The summed E-state index contributed by atoms with van der Waals surface area (Å²) in [4.78, 5) is 12.9. The van der Waals surface area contributed by atoms with Crippen LogP contribution in [0.1, 0.15) is 29.5 Å². The van der Waals surface area contributed by atoms with E-state index < -0.39 is 12.9 Å². The molecule has 3 heteroatoms. The topological polar surface area (TPSA) is 29.5 Å². The van der Waals surface area contributed by atoms with Crippen molar-refractivity contribution in [1.82, 2.24) is 0 Å². The number of ether oxygens (including phenoxy) is 1. The van der Waals surface area contributed by atoms with Gasteiger partial charge in [-0.3, -0.25) is 0 Å². The van der Waals surface area contributed by atoms with Gasteiger partial charge in [0.1, 0.15) is 0 Å². The van der Waals surface area contributed by atoms with Crippen LogP contribution in [0.25, 0.3) is 11.1 Å². The Bertz CT molecular complexity index is 1750. The van der Waals surface area contributed by atoms with Gasteiger partial charge in [0.15, 0.2) is 0 Å². The Morgan fingerprint density at radius 2 is 1.10 bits per heavy atom. The second-order valence-electron chi connectivity index (χ2n) is 10.9. The standard InChI is InChI=1S/C37H29O2P/c38-40(26-13-3-1-4-14-26,27-15-5-2-6-16-27)28-23-24-36-34(25-28)37(33-21-11-12-22-35(33)39-36)31-19-9-7-17-29(31)30-18-8-10-20-32(30)37/h1-10,13-25,38,40H,11-12H2. The first-order valence-electron chi connectivity index (χ1n) is 14.0. The molecule has 5 aromatic rings. The van der Waals surface area contributed by atoms with Crippen LogP contribution in [0.3, 0.4) is 0 Å². The van der Waals surface area contributed by atoms with Crippen molar-refractivity contribution in [3.8, 4) is 16.9 Å². The predicted molar refractivity (Wildman–Crippen MR) is 167 cm³/mol. The summed E-state index contributed by atoms with van der Waals surface area (Å²) in [5.41, 5.74) is 6.90. The first-order valence-corrected chi connectivity index (χ1v) is 15.9. The van der Waals surface area contributed by atoms with E-state index in [1.165, 1.54) is 27.8 Å². The summed E-state index contributed by atoms with van der Waals surface area (Å²) in [7, 11) is -3.32. The molecule has 0 aromatic heterocycles. The molecule has 1 aliphatic heterocycles. The fraction of sp³-hybridized carbons (Fsp3) is 0.0811. The molecule has 0 saturated heterocycles. The van der Waals surface area contributed by atoms with E-state index >= 15 is 0 Å². The molecule has 0 saturated carbocycles. The van der Waals surface area contributed by atoms with Crippen molar-refractivity contribution in [1.29, 1.82) is 0 Å². The molecule has 0 atom stereocenters. The molecule has 0 radical (unpaired) electrons. The van der Waals surface area contributed by atoms with Crippen molar-refractivity contribution >= 4 is 23.4 Å². The Kier molecular flexibility index (Phi) is 5.26. The van der Waals surface area contributed by atoms with Gasteiger partial charge >= 0.3 is 236 Å². The SMILES string of the molecule is O[PH](c1ccccc1)(c1ccccc1)c1ccc2c(c1)C1(C3=CCCC=C3O2)c2ccccc2-c2ccccc21. The van der Waals surface area contributed by atoms with Gasteiger partial charge in [-0.25, -0.2) is 0 Å². The number of hydrogen-bond donors (Lipinski definition) is 1. The van der Waals surface area contributed by atoms with Gasteiger partial charge in [0.2, 0.25) is 0 Å². The van der Waals surface area contributed by atoms with Gasteiger partial charge in [-0.05, 0) is 0 Å². The quantitative estimate of drug-likeness (QED) is 0.253. The van der Waals surface area contributed by atoms with E-state index in [1.54, 1.807) is 0 Å². The summed E-state index contributed by atoms with van der Waals surface area (Å²) < 4.78 is 6.66. The Morgan fingerprint density at radius 3 is 1.73 bits per heavy atom. The van der Waals surface area contributed by atoms with Gasteiger partial charge < -0.3 is 0 Å². The monoisotopic (exact) mass is 536 g/mol. The van der Waals surface area contributed by atoms with E-state index in [4.69, 9.17) is 4.74 Å². The zero-order chi connectivity index (χ0) is 26.7. The molecular weight excluding hydrogens is 507 g/mol. The summed E-state index contributed by atoms with van der Waals surface area (Å²) in [5.74, 6) is 1.81. The fourth-order valence-electron chi connectivity index (χ4n) is 7.16. The summed E-state index contributed by atoms with van der Waals surface area (Å²) in [5, 5.41) is 2.89. The second-order valence-corrected chi connectivity index (χ2v) is 14.0. The van der Waals surface area contributed by atoms with Crippen LogP contribution in [0.5, 0.6) is 5.75 Å². The second kappa shape index (κ2) is 8.89. The first-order chi connectivity index (χ1) is 19.7. The van der Waals surface area contributed by atoms with Gasteiger partial charge in [0.05, 0.1) is 0 Å². The molecule has 5 aromatic carbocycles. The molecule has 0 fully saturated rings. The Hall–Kier alpha value is -4.23. The first kappa shape index (κ1) is 23.6. The Morgan fingerprint density at radius 1 is 0.550 bits per heavy atom. The average Bonchev–Trinajstić information content (AvgIpc) is 3.32. The summed E-state index contributed by atoms with van der Waals surface area (Å²) in [6.45, 7) is 0. The Balaban J connectivity index is 1.47. The van der Waals surface area contributed by atoms with Crippen LogP contribution in [0.15, 0.2) is 151 Å². The molecule has 0 bridgehead atoms. The maximum absolute atomic E-state index is 12.9. The average molecular weight is 537 g/mol. The zero-order valence-electron chi connectivity index (χ0n) is 22.0. The number of hydrogen-bond acceptors (Lipinski definition) is 2. The molecule has 40 heavy (non-hydrogen) atoms. The molecule has 1 N–H and O–H groups in total. The van der Waals surface area contributed by atoms with Crippen molar-refractivity contribution < 1.29 is 9.63 Å².